The fourth-order valence-corrected chi connectivity index (χ4v) is 3.53. The maximum absolute atomic E-state index is 10.3. The van der Waals surface area contributed by atoms with Gasteiger partial charge in [0.1, 0.15) is 5.52 Å². The Labute approximate surface area is 153 Å². The van der Waals surface area contributed by atoms with E-state index in [1.54, 1.807) is 25.6 Å². The first kappa shape index (κ1) is 19.5. The van der Waals surface area contributed by atoms with Crippen molar-refractivity contribution in [2.75, 3.05) is 11.5 Å². The molecule has 2 heterocycles. The number of aromatic nitrogens is 3. The second-order valence-electron chi connectivity index (χ2n) is 6.35. The number of nitrogens with two attached hydrogens (primary N) is 1. The van der Waals surface area contributed by atoms with Crippen molar-refractivity contribution in [2.24, 2.45) is 0 Å². The van der Waals surface area contributed by atoms with E-state index in [0.717, 1.165) is 33.7 Å². The van der Waals surface area contributed by atoms with E-state index in [4.69, 9.17) is 10.7 Å². The molecule has 3 aromatic rings. The summed E-state index contributed by atoms with van der Waals surface area (Å²) in [6, 6.07) is 7.91. The van der Waals surface area contributed by atoms with E-state index < -0.39 is 5.60 Å². The molecule has 6 heteroatoms. The van der Waals surface area contributed by atoms with Gasteiger partial charge in [-0.15, -0.1) is 0 Å². The van der Waals surface area contributed by atoms with Crippen molar-refractivity contribution in [3.63, 3.8) is 0 Å². The van der Waals surface area contributed by atoms with Crippen molar-refractivity contribution in [3.05, 3.63) is 24.3 Å². The van der Waals surface area contributed by atoms with Crippen LogP contribution in [0, 0.1) is 0 Å². The Morgan fingerprint density at radius 1 is 1.20 bits per heavy atom. The Bertz CT molecular complexity index is 852. The minimum atomic E-state index is -0.839. The fourth-order valence-electron chi connectivity index (χ4n) is 2.68. The molecular formula is C19H28N4OS. The predicted molar refractivity (Wildman–Crippen MR) is 108 cm³/mol. The molecule has 0 aliphatic rings. The van der Waals surface area contributed by atoms with Gasteiger partial charge in [-0.1, -0.05) is 50.7 Å². The highest BCUT2D eigenvalue weighted by atomic mass is 32.2. The summed E-state index contributed by atoms with van der Waals surface area (Å²) in [6.07, 6.45) is 1.06. The number of rotatable bonds is 5. The van der Waals surface area contributed by atoms with Gasteiger partial charge in [-0.2, -0.15) is 0 Å². The van der Waals surface area contributed by atoms with Crippen molar-refractivity contribution < 1.29 is 5.11 Å². The molecule has 25 heavy (non-hydrogen) atoms. The minimum Gasteiger partial charge on any atom is -0.389 e. The monoisotopic (exact) mass is 360 g/mol. The number of para-hydroxylation sites is 1. The van der Waals surface area contributed by atoms with E-state index in [-0.39, 0.29) is 0 Å². The number of anilines is 1. The molecule has 0 bridgehead atoms. The number of nitrogens with zero attached hydrogens (tertiary/aromatic N) is 3. The molecule has 0 aliphatic heterocycles. The van der Waals surface area contributed by atoms with Gasteiger partial charge < -0.3 is 15.4 Å². The molecule has 0 aliphatic carbocycles. The number of fused-ring (bicyclic) bond motifs is 3. The van der Waals surface area contributed by atoms with Crippen LogP contribution in [0.3, 0.4) is 0 Å². The highest BCUT2D eigenvalue weighted by Gasteiger charge is 2.22. The van der Waals surface area contributed by atoms with E-state index >= 15 is 0 Å². The number of hydrogen-bond acceptors (Lipinski definition) is 5. The van der Waals surface area contributed by atoms with E-state index in [9.17, 15) is 5.11 Å². The Morgan fingerprint density at radius 2 is 1.88 bits per heavy atom. The highest BCUT2D eigenvalue weighted by molar-refractivity contribution is 7.99. The summed E-state index contributed by atoms with van der Waals surface area (Å²) in [5.41, 5.74) is 7.81. The Kier molecular flexibility index (Phi) is 6.30. The molecule has 3 rings (SSSR count). The average Bonchev–Trinajstić information content (AvgIpc) is 2.92. The lowest BCUT2D eigenvalue weighted by atomic mass is 10.1. The van der Waals surface area contributed by atoms with Gasteiger partial charge in [-0.25, -0.2) is 9.97 Å². The number of hydrogen-bond donors (Lipinski definition) is 2. The van der Waals surface area contributed by atoms with Crippen LogP contribution in [-0.4, -0.2) is 31.0 Å². The standard InChI is InChI=1S/C17H22N4OS.C2H6/c1-4-9-23-16-20-13-14(21(16)10-17(2,3)22)11-7-5-6-8-12(11)19-15(13)18;1-2/h5-8,22H,4,9-10H2,1-3H3,(H2,18,19);1-2H3. The van der Waals surface area contributed by atoms with Gasteiger partial charge in [0.25, 0.3) is 0 Å². The molecule has 0 fully saturated rings. The number of nitrogen functional groups attached to an aromatic ring is 1. The van der Waals surface area contributed by atoms with Crippen LogP contribution in [0.15, 0.2) is 29.4 Å². The minimum absolute atomic E-state index is 0.437. The molecule has 0 radical (unpaired) electrons. The Balaban J connectivity index is 0.00000109. The lowest BCUT2D eigenvalue weighted by Crippen LogP contribution is -2.26. The molecule has 3 N–H and O–H groups in total. The molecule has 5 nitrogen and oxygen atoms in total. The van der Waals surface area contributed by atoms with E-state index in [1.807, 2.05) is 38.1 Å². The zero-order valence-corrected chi connectivity index (χ0v) is 16.5. The van der Waals surface area contributed by atoms with Gasteiger partial charge in [0.15, 0.2) is 11.0 Å². The molecule has 0 amide bonds. The third-order valence-electron chi connectivity index (χ3n) is 3.56. The molecule has 0 saturated heterocycles. The first-order chi connectivity index (χ1) is 11.9. The quantitative estimate of drug-likeness (QED) is 0.657. The highest BCUT2D eigenvalue weighted by Crippen LogP contribution is 2.33. The first-order valence-electron chi connectivity index (χ1n) is 8.80. The molecule has 1 aromatic carbocycles. The van der Waals surface area contributed by atoms with Crippen molar-refractivity contribution in [1.29, 1.82) is 0 Å². The topological polar surface area (TPSA) is 77.0 Å². The summed E-state index contributed by atoms with van der Waals surface area (Å²) in [5.74, 6) is 1.41. The summed E-state index contributed by atoms with van der Waals surface area (Å²) in [5, 5.41) is 12.2. The fraction of sp³-hybridized carbons (Fsp3) is 0.474. The summed E-state index contributed by atoms with van der Waals surface area (Å²) in [4.78, 5) is 9.18. The van der Waals surface area contributed by atoms with Crippen molar-refractivity contribution in [3.8, 4) is 0 Å². The average molecular weight is 361 g/mol. The van der Waals surface area contributed by atoms with Gasteiger partial charge in [0.2, 0.25) is 0 Å². The van der Waals surface area contributed by atoms with E-state index in [2.05, 4.69) is 16.5 Å². The van der Waals surface area contributed by atoms with Gasteiger partial charge in [0, 0.05) is 11.1 Å². The summed E-state index contributed by atoms with van der Waals surface area (Å²) in [6.45, 7) is 10.2. The summed E-state index contributed by atoms with van der Waals surface area (Å²) < 4.78 is 2.08. The second kappa shape index (κ2) is 8.06. The third kappa shape index (κ3) is 4.25. The molecule has 0 spiro atoms. The summed E-state index contributed by atoms with van der Waals surface area (Å²) in [7, 11) is 0. The molecular weight excluding hydrogens is 332 g/mol. The van der Waals surface area contributed by atoms with E-state index in [0.29, 0.717) is 17.9 Å². The van der Waals surface area contributed by atoms with Crippen LogP contribution < -0.4 is 5.73 Å². The number of thioether (sulfide) groups is 1. The lowest BCUT2D eigenvalue weighted by molar-refractivity contribution is 0.0603. The SMILES string of the molecule is CC.CCCSc1nc2c(N)nc3ccccc3c2n1CC(C)(C)O. The van der Waals surface area contributed by atoms with Crippen LogP contribution in [-0.2, 0) is 6.54 Å². The first-order valence-corrected chi connectivity index (χ1v) is 9.79. The van der Waals surface area contributed by atoms with E-state index in [1.165, 1.54) is 0 Å². The maximum atomic E-state index is 10.3. The number of pyridine rings is 1. The van der Waals surface area contributed by atoms with Crippen LogP contribution in [0.1, 0.15) is 41.0 Å². The lowest BCUT2D eigenvalue weighted by Gasteiger charge is -2.20. The normalized spacial score (nSPS) is 11.6. The van der Waals surface area contributed by atoms with Gasteiger partial charge in [-0.3, -0.25) is 0 Å². The van der Waals surface area contributed by atoms with Crippen LogP contribution in [0.2, 0.25) is 0 Å². The number of imidazole rings is 1. The number of aliphatic hydroxyl groups is 1. The van der Waals surface area contributed by atoms with Crippen LogP contribution in [0.5, 0.6) is 0 Å². The van der Waals surface area contributed by atoms with Gasteiger partial charge in [0.05, 0.1) is 23.2 Å². The third-order valence-corrected chi connectivity index (χ3v) is 4.74. The van der Waals surface area contributed by atoms with Crippen LogP contribution >= 0.6 is 11.8 Å². The van der Waals surface area contributed by atoms with Crippen LogP contribution in [0.25, 0.3) is 21.9 Å². The van der Waals surface area contributed by atoms with Crippen molar-refractivity contribution in [1.82, 2.24) is 14.5 Å². The zero-order valence-electron chi connectivity index (χ0n) is 15.7. The molecule has 0 saturated carbocycles. The molecule has 0 atom stereocenters. The largest absolute Gasteiger partial charge is 0.389 e. The van der Waals surface area contributed by atoms with Crippen molar-refractivity contribution >= 4 is 39.5 Å². The smallest absolute Gasteiger partial charge is 0.169 e. The van der Waals surface area contributed by atoms with Crippen molar-refractivity contribution in [2.45, 2.75) is 58.3 Å². The Morgan fingerprint density at radius 3 is 2.52 bits per heavy atom. The second-order valence-corrected chi connectivity index (χ2v) is 7.41. The van der Waals surface area contributed by atoms with Gasteiger partial charge in [-0.05, 0) is 26.3 Å². The van der Waals surface area contributed by atoms with Gasteiger partial charge >= 0.3 is 0 Å². The predicted octanol–water partition coefficient (Wildman–Crippen LogP) is 4.47. The summed E-state index contributed by atoms with van der Waals surface area (Å²) >= 11 is 1.69. The van der Waals surface area contributed by atoms with Crippen LogP contribution in [0.4, 0.5) is 5.82 Å². The molecule has 2 aromatic heterocycles. The zero-order chi connectivity index (χ0) is 18.6. The maximum Gasteiger partial charge on any atom is 0.169 e. The number of benzene rings is 1. The molecule has 136 valence electrons. The molecule has 0 unspecified atom stereocenters. The Hall–Kier alpha value is -1.79.